The molecule has 0 unspecified atom stereocenters. The maximum atomic E-state index is 11.1. The van der Waals surface area contributed by atoms with Crippen LogP contribution in [0, 0.1) is 0 Å². The number of nitrogens with zero attached hydrogens (tertiary/aromatic N) is 2. The Morgan fingerprint density at radius 1 is 1.09 bits per heavy atom. The number of H-pyrrole nitrogens is 1. The number of hydrogen-bond acceptors (Lipinski definition) is 4. The van der Waals surface area contributed by atoms with Gasteiger partial charge in [-0.05, 0) is 24.3 Å². The molecule has 0 fully saturated rings. The number of para-hydroxylation sites is 1. The molecule has 2 aromatic heterocycles. The van der Waals surface area contributed by atoms with Crippen LogP contribution in [0.2, 0.25) is 0 Å². The third-order valence-electron chi connectivity index (χ3n) is 3.66. The number of anilines is 2. The van der Waals surface area contributed by atoms with E-state index >= 15 is 0 Å². The van der Waals surface area contributed by atoms with E-state index in [4.69, 9.17) is 5.11 Å². The van der Waals surface area contributed by atoms with Crippen LogP contribution in [0.4, 0.5) is 11.5 Å². The van der Waals surface area contributed by atoms with Crippen LogP contribution in [0.25, 0.3) is 21.9 Å². The molecule has 23 heavy (non-hydrogen) atoms. The molecule has 2 heterocycles. The number of carboxylic acids is 1. The normalized spacial score (nSPS) is 11.0. The lowest BCUT2D eigenvalue weighted by Crippen LogP contribution is -1.99. The standard InChI is InChI=1S/C17H12N4O2/c22-17(23)10-4-3-5-11(8-10)20-16-15-14(18-9-19-16)12-6-1-2-7-13(12)21-15/h1-9,21H,(H,22,23)(H,18,19,20). The van der Waals surface area contributed by atoms with Gasteiger partial charge in [0.15, 0.2) is 5.82 Å². The van der Waals surface area contributed by atoms with Gasteiger partial charge in [-0.3, -0.25) is 0 Å². The number of aromatic carboxylic acids is 1. The van der Waals surface area contributed by atoms with Crippen molar-refractivity contribution in [3.8, 4) is 0 Å². The van der Waals surface area contributed by atoms with Crippen LogP contribution in [0.15, 0.2) is 54.9 Å². The van der Waals surface area contributed by atoms with E-state index in [9.17, 15) is 4.79 Å². The second kappa shape index (κ2) is 5.10. The van der Waals surface area contributed by atoms with Crippen LogP contribution in [0.3, 0.4) is 0 Å². The summed E-state index contributed by atoms with van der Waals surface area (Å²) in [5.74, 6) is -0.360. The number of aromatic amines is 1. The zero-order valence-electron chi connectivity index (χ0n) is 11.9. The van der Waals surface area contributed by atoms with Gasteiger partial charge in [-0.1, -0.05) is 24.3 Å². The summed E-state index contributed by atoms with van der Waals surface area (Å²) in [6.07, 6.45) is 1.49. The fourth-order valence-electron chi connectivity index (χ4n) is 2.60. The summed E-state index contributed by atoms with van der Waals surface area (Å²) in [5, 5.41) is 13.3. The number of hydrogen-bond donors (Lipinski definition) is 3. The third-order valence-corrected chi connectivity index (χ3v) is 3.66. The van der Waals surface area contributed by atoms with Crippen LogP contribution < -0.4 is 5.32 Å². The number of benzene rings is 2. The Labute approximate surface area is 130 Å². The third kappa shape index (κ3) is 2.26. The zero-order chi connectivity index (χ0) is 15.8. The largest absolute Gasteiger partial charge is 0.478 e. The van der Waals surface area contributed by atoms with Gasteiger partial charge in [-0.15, -0.1) is 0 Å². The van der Waals surface area contributed by atoms with Crippen LogP contribution in [0.1, 0.15) is 10.4 Å². The summed E-state index contributed by atoms with van der Waals surface area (Å²) in [6, 6.07) is 14.5. The summed E-state index contributed by atoms with van der Waals surface area (Å²) in [5.41, 5.74) is 3.47. The molecule has 0 saturated heterocycles. The molecule has 0 aliphatic heterocycles. The van der Waals surface area contributed by atoms with Crippen molar-refractivity contribution in [1.82, 2.24) is 15.0 Å². The van der Waals surface area contributed by atoms with Crippen LogP contribution in [0.5, 0.6) is 0 Å². The SMILES string of the molecule is O=C(O)c1cccc(Nc2ncnc3c2[nH]c2ccccc23)c1. The first-order chi connectivity index (χ1) is 11.2. The topological polar surface area (TPSA) is 90.9 Å². The average Bonchev–Trinajstić information content (AvgIpc) is 2.95. The fraction of sp³-hybridized carbons (Fsp3) is 0. The lowest BCUT2D eigenvalue weighted by atomic mass is 10.2. The second-order valence-corrected chi connectivity index (χ2v) is 5.13. The zero-order valence-corrected chi connectivity index (χ0v) is 11.9. The van der Waals surface area contributed by atoms with Crippen molar-refractivity contribution in [3.63, 3.8) is 0 Å². The number of aromatic nitrogens is 3. The number of carbonyl (C=O) groups is 1. The van der Waals surface area contributed by atoms with E-state index in [1.165, 1.54) is 6.33 Å². The van der Waals surface area contributed by atoms with E-state index in [0.717, 1.165) is 21.9 Å². The van der Waals surface area contributed by atoms with Gasteiger partial charge in [0.05, 0.1) is 5.56 Å². The Morgan fingerprint density at radius 2 is 1.96 bits per heavy atom. The Bertz CT molecular complexity index is 1040. The minimum absolute atomic E-state index is 0.219. The molecule has 0 aliphatic rings. The van der Waals surface area contributed by atoms with E-state index in [1.807, 2.05) is 24.3 Å². The van der Waals surface area contributed by atoms with E-state index in [1.54, 1.807) is 24.3 Å². The van der Waals surface area contributed by atoms with E-state index in [2.05, 4.69) is 20.3 Å². The van der Waals surface area contributed by atoms with Gasteiger partial charge >= 0.3 is 5.97 Å². The maximum absolute atomic E-state index is 11.1. The molecular formula is C17H12N4O2. The molecule has 0 bridgehead atoms. The van der Waals surface area contributed by atoms with Gasteiger partial charge in [0.2, 0.25) is 0 Å². The first kappa shape index (κ1) is 13.3. The number of rotatable bonds is 3. The summed E-state index contributed by atoms with van der Waals surface area (Å²) in [7, 11) is 0. The lowest BCUT2D eigenvalue weighted by Gasteiger charge is -2.07. The van der Waals surface area contributed by atoms with Crippen LogP contribution in [-0.2, 0) is 0 Å². The molecule has 2 aromatic carbocycles. The molecule has 0 amide bonds. The van der Waals surface area contributed by atoms with Crippen LogP contribution >= 0.6 is 0 Å². The highest BCUT2D eigenvalue weighted by Gasteiger charge is 2.11. The smallest absolute Gasteiger partial charge is 0.335 e. The fourth-order valence-corrected chi connectivity index (χ4v) is 2.60. The summed E-state index contributed by atoms with van der Waals surface area (Å²) >= 11 is 0. The van der Waals surface area contributed by atoms with Gasteiger partial charge in [0.1, 0.15) is 17.4 Å². The molecule has 6 nitrogen and oxygen atoms in total. The minimum Gasteiger partial charge on any atom is -0.478 e. The van der Waals surface area contributed by atoms with E-state index in [-0.39, 0.29) is 5.56 Å². The van der Waals surface area contributed by atoms with E-state index in [0.29, 0.717) is 11.5 Å². The van der Waals surface area contributed by atoms with Crippen molar-refractivity contribution in [2.75, 3.05) is 5.32 Å². The van der Waals surface area contributed by atoms with Gasteiger partial charge in [0, 0.05) is 16.6 Å². The molecule has 0 aliphatic carbocycles. The quantitative estimate of drug-likeness (QED) is 0.538. The monoisotopic (exact) mass is 304 g/mol. The van der Waals surface area contributed by atoms with Crippen LogP contribution in [-0.4, -0.2) is 26.0 Å². The summed E-state index contributed by atoms with van der Waals surface area (Å²) in [6.45, 7) is 0. The van der Waals surface area contributed by atoms with Crippen molar-refractivity contribution in [2.24, 2.45) is 0 Å². The first-order valence-electron chi connectivity index (χ1n) is 7.04. The molecule has 0 radical (unpaired) electrons. The molecule has 0 atom stereocenters. The molecule has 4 aromatic rings. The predicted molar refractivity (Wildman–Crippen MR) is 88.1 cm³/mol. The van der Waals surface area contributed by atoms with Crippen molar-refractivity contribution in [2.45, 2.75) is 0 Å². The number of carboxylic acid groups (broad SMARTS) is 1. The molecule has 4 rings (SSSR count). The Morgan fingerprint density at radius 3 is 2.83 bits per heavy atom. The minimum atomic E-state index is -0.966. The number of nitrogens with one attached hydrogen (secondary N) is 2. The molecule has 6 heteroatoms. The van der Waals surface area contributed by atoms with Gasteiger partial charge in [-0.2, -0.15) is 0 Å². The number of fused-ring (bicyclic) bond motifs is 3. The highest BCUT2D eigenvalue weighted by molar-refractivity contribution is 6.08. The van der Waals surface area contributed by atoms with Crippen molar-refractivity contribution >= 4 is 39.4 Å². The lowest BCUT2D eigenvalue weighted by molar-refractivity contribution is 0.0697. The molecule has 0 saturated carbocycles. The van der Waals surface area contributed by atoms with Gasteiger partial charge < -0.3 is 15.4 Å². The highest BCUT2D eigenvalue weighted by atomic mass is 16.4. The van der Waals surface area contributed by atoms with Crippen molar-refractivity contribution < 1.29 is 9.90 Å². The molecule has 0 spiro atoms. The van der Waals surface area contributed by atoms with Gasteiger partial charge in [0.25, 0.3) is 0 Å². The molecular weight excluding hydrogens is 292 g/mol. The predicted octanol–water partition coefficient (Wildman–Crippen LogP) is 3.55. The second-order valence-electron chi connectivity index (χ2n) is 5.13. The van der Waals surface area contributed by atoms with E-state index < -0.39 is 5.97 Å². The molecule has 112 valence electrons. The molecule has 3 N–H and O–H groups in total. The van der Waals surface area contributed by atoms with Crippen molar-refractivity contribution in [3.05, 3.63) is 60.4 Å². The summed E-state index contributed by atoms with van der Waals surface area (Å²) < 4.78 is 0. The Balaban J connectivity index is 1.83. The first-order valence-corrected chi connectivity index (χ1v) is 7.04. The Hall–Kier alpha value is -3.41. The van der Waals surface area contributed by atoms with Crippen molar-refractivity contribution in [1.29, 1.82) is 0 Å². The summed E-state index contributed by atoms with van der Waals surface area (Å²) in [4.78, 5) is 23.0. The average molecular weight is 304 g/mol. The Kier molecular flexibility index (Phi) is 2.94. The highest BCUT2D eigenvalue weighted by Crippen LogP contribution is 2.28. The van der Waals surface area contributed by atoms with Gasteiger partial charge in [-0.25, -0.2) is 14.8 Å². The maximum Gasteiger partial charge on any atom is 0.335 e.